The molecule has 2 fully saturated rings. The Morgan fingerprint density at radius 3 is 2.35 bits per heavy atom. The first-order chi connectivity index (χ1) is 17.8. The van der Waals surface area contributed by atoms with Gasteiger partial charge in [0.25, 0.3) is 5.91 Å². The maximum atomic E-state index is 12.8. The molecule has 1 aliphatic carbocycles. The molecule has 6 nitrogen and oxygen atoms in total. The Kier molecular flexibility index (Phi) is 7.00. The molecule has 5 rings (SSSR count). The second kappa shape index (κ2) is 10.4. The molecule has 0 unspecified atom stereocenters. The second-order valence-corrected chi connectivity index (χ2v) is 10.7. The minimum atomic E-state index is -0.846. The quantitative estimate of drug-likeness (QED) is 0.438. The van der Waals surface area contributed by atoms with E-state index in [0.717, 1.165) is 58.8 Å². The lowest BCUT2D eigenvalue weighted by molar-refractivity contribution is -0.136. The van der Waals surface area contributed by atoms with Crippen molar-refractivity contribution in [2.45, 2.75) is 58.9 Å². The number of nitrogens with zero attached hydrogens (tertiary/aromatic N) is 2. The zero-order valence-electron chi connectivity index (χ0n) is 21.7. The molecule has 2 aliphatic rings. The maximum absolute atomic E-state index is 12.8. The van der Waals surface area contributed by atoms with E-state index in [0.29, 0.717) is 17.5 Å². The van der Waals surface area contributed by atoms with Crippen LogP contribution >= 0.6 is 0 Å². The molecule has 1 saturated carbocycles. The van der Waals surface area contributed by atoms with Crippen molar-refractivity contribution in [2.75, 3.05) is 18.0 Å². The molecular formula is C31H35N3O3. The largest absolute Gasteiger partial charge is 0.481 e. The minimum absolute atomic E-state index is 0.0507. The van der Waals surface area contributed by atoms with Gasteiger partial charge in [0.2, 0.25) is 0 Å². The zero-order valence-corrected chi connectivity index (χ0v) is 21.7. The summed E-state index contributed by atoms with van der Waals surface area (Å²) in [7, 11) is 0. The van der Waals surface area contributed by atoms with E-state index in [-0.39, 0.29) is 12.3 Å². The predicted molar refractivity (Wildman–Crippen MR) is 146 cm³/mol. The van der Waals surface area contributed by atoms with Crippen LogP contribution in [-0.2, 0) is 17.8 Å². The number of aromatic nitrogens is 1. The van der Waals surface area contributed by atoms with Gasteiger partial charge in [0.1, 0.15) is 0 Å². The summed E-state index contributed by atoms with van der Waals surface area (Å²) in [6.45, 7) is 6.29. The third kappa shape index (κ3) is 5.24. The SMILES string of the molecule is Cc1nc(C)c(-c2ccc(C(=O)NCc3ccccc3)cc2)c(N2CCC3(CCCC3)C2)c1CC(=O)O. The molecular weight excluding hydrogens is 462 g/mol. The first-order valence-electron chi connectivity index (χ1n) is 13.2. The molecule has 2 heterocycles. The Labute approximate surface area is 218 Å². The molecule has 2 N–H and O–H groups in total. The van der Waals surface area contributed by atoms with Crippen LogP contribution in [0.15, 0.2) is 54.6 Å². The van der Waals surface area contributed by atoms with Crippen molar-refractivity contribution in [3.05, 3.63) is 82.7 Å². The monoisotopic (exact) mass is 497 g/mol. The Hall–Kier alpha value is -3.67. The van der Waals surface area contributed by atoms with Crippen LogP contribution in [0.4, 0.5) is 5.69 Å². The number of anilines is 1. The number of carboxylic acids is 1. The fourth-order valence-corrected chi connectivity index (χ4v) is 6.25. The third-order valence-electron chi connectivity index (χ3n) is 8.14. The van der Waals surface area contributed by atoms with Gasteiger partial charge in [-0.2, -0.15) is 0 Å². The van der Waals surface area contributed by atoms with Crippen molar-refractivity contribution in [2.24, 2.45) is 5.41 Å². The van der Waals surface area contributed by atoms with Crippen LogP contribution < -0.4 is 10.2 Å². The molecule has 0 radical (unpaired) electrons. The number of carbonyl (C=O) groups is 2. The van der Waals surface area contributed by atoms with Gasteiger partial charge in [-0.3, -0.25) is 14.6 Å². The minimum Gasteiger partial charge on any atom is -0.481 e. The van der Waals surface area contributed by atoms with Gasteiger partial charge in [-0.05, 0) is 61.8 Å². The zero-order chi connectivity index (χ0) is 26.0. The van der Waals surface area contributed by atoms with Gasteiger partial charge >= 0.3 is 5.97 Å². The number of carboxylic acid groups (broad SMARTS) is 1. The molecule has 2 aromatic carbocycles. The summed E-state index contributed by atoms with van der Waals surface area (Å²) < 4.78 is 0. The number of hydrogen-bond acceptors (Lipinski definition) is 4. The van der Waals surface area contributed by atoms with Crippen molar-refractivity contribution >= 4 is 17.6 Å². The number of pyridine rings is 1. The highest BCUT2D eigenvalue weighted by atomic mass is 16.4. The molecule has 0 bridgehead atoms. The Bertz CT molecular complexity index is 1300. The summed E-state index contributed by atoms with van der Waals surface area (Å²) in [5.74, 6) is -0.968. The van der Waals surface area contributed by atoms with Crippen LogP contribution in [0.3, 0.4) is 0 Å². The molecule has 1 amide bonds. The molecule has 6 heteroatoms. The van der Waals surface area contributed by atoms with Crippen LogP contribution in [-0.4, -0.2) is 35.1 Å². The first-order valence-corrected chi connectivity index (χ1v) is 13.2. The summed E-state index contributed by atoms with van der Waals surface area (Å²) in [6, 6.07) is 17.5. The highest BCUT2D eigenvalue weighted by molar-refractivity contribution is 5.95. The van der Waals surface area contributed by atoms with E-state index >= 15 is 0 Å². The van der Waals surface area contributed by atoms with Crippen LogP contribution in [0.1, 0.15) is 65.0 Å². The lowest BCUT2D eigenvalue weighted by Crippen LogP contribution is -2.27. The summed E-state index contributed by atoms with van der Waals surface area (Å²) in [5, 5.41) is 12.7. The highest BCUT2D eigenvalue weighted by Crippen LogP contribution is 2.49. The number of benzene rings is 2. The van der Waals surface area contributed by atoms with Gasteiger partial charge in [-0.25, -0.2) is 0 Å². The van der Waals surface area contributed by atoms with E-state index in [1.54, 1.807) is 0 Å². The number of nitrogens with one attached hydrogen (secondary N) is 1. The molecule has 1 aromatic heterocycles. The van der Waals surface area contributed by atoms with Crippen molar-refractivity contribution < 1.29 is 14.7 Å². The number of hydrogen-bond donors (Lipinski definition) is 2. The molecule has 3 aromatic rings. The lowest BCUT2D eigenvalue weighted by atomic mass is 9.85. The second-order valence-electron chi connectivity index (χ2n) is 10.7. The average Bonchev–Trinajstić information content (AvgIpc) is 3.54. The van der Waals surface area contributed by atoms with E-state index in [2.05, 4.69) is 10.2 Å². The summed E-state index contributed by atoms with van der Waals surface area (Å²) in [6.07, 6.45) is 6.17. The fourth-order valence-electron chi connectivity index (χ4n) is 6.25. The third-order valence-corrected chi connectivity index (χ3v) is 8.14. The van der Waals surface area contributed by atoms with Crippen LogP contribution in [0.25, 0.3) is 11.1 Å². The molecule has 1 aliphatic heterocycles. The Balaban J connectivity index is 1.47. The number of amides is 1. The fraction of sp³-hybridized carbons (Fsp3) is 0.387. The van der Waals surface area contributed by atoms with E-state index in [1.807, 2.05) is 68.4 Å². The van der Waals surface area contributed by atoms with E-state index < -0.39 is 5.97 Å². The summed E-state index contributed by atoms with van der Waals surface area (Å²) in [5.41, 5.74) is 7.41. The number of rotatable bonds is 7. The first kappa shape index (κ1) is 25.0. The summed E-state index contributed by atoms with van der Waals surface area (Å²) in [4.78, 5) is 31.8. The van der Waals surface area contributed by atoms with Crippen molar-refractivity contribution in [3.8, 4) is 11.1 Å². The predicted octanol–water partition coefficient (Wildman–Crippen LogP) is 5.69. The van der Waals surface area contributed by atoms with Crippen molar-refractivity contribution in [3.63, 3.8) is 0 Å². The van der Waals surface area contributed by atoms with Crippen LogP contribution in [0.2, 0.25) is 0 Å². The number of aryl methyl sites for hydroxylation is 2. The number of aliphatic carboxylic acids is 1. The van der Waals surface area contributed by atoms with Crippen LogP contribution in [0.5, 0.6) is 0 Å². The van der Waals surface area contributed by atoms with E-state index in [4.69, 9.17) is 4.98 Å². The van der Waals surface area contributed by atoms with Gasteiger partial charge < -0.3 is 15.3 Å². The van der Waals surface area contributed by atoms with Gasteiger partial charge in [0.15, 0.2) is 0 Å². The molecule has 0 atom stereocenters. The van der Waals surface area contributed by atoms with Gasteiger partial charge in [0, 0.05) is 47.7 Å². The van der Waals surface area contributed by atoms with E-state index in [1.165, 1.54) is 25.7 Å². The lowest BCUT2D eigenvalue weighted by Gasteiger charge is -2.29. The molecule has 37 heavy (non-hydrogen) atoms. The molecule has 1 spiro atoms. The van der Waals surface area contributed by atoms with Crippen LogP contribution in [0, 0.1) is 19.3 Å². The smallest absolute Gasteiger partial charge is 0.307 e. The van der Waals surface area contributed by atoms with Gasteiger partial charge in [0.05, 0.1) is 12.1 Å². The number of carbonyl (C=O) groups excluding carboxylic acids is 1. The summed E-state index contributed by atoms with van der Waals surface area (Å²) >= 11 is 0. The van der Waals surface area contributed by atoms with Crippen molar-refractivity contribution in [1.82, 2.24) is 10.3 Å². The Morgan fingerprint density at radius 2 is 1.68 bits per heavy atom. The van der Waals surface area contributed by atoms with E-state index in [9.17, 15) is 14.7 Å². The average molecular weight is 498 g/mol. The molecule has 1 saturated heterocycles. The van der Waals surface area contributed by atoms with Crippen molar-refractivity contribution in [1.29, 1.82) is 0 Å². The topological polar surface area (TPSA) is 82.5 Å². The highest BCUT2D eigenvalue weighted by Gasteiger charge is 2.41. The van der Waals surface area contributed by atoms with Gasteiger partial charge in [-0.15, -0.1) is 0 Å². The maximum Gasteiger partial charge on any atom is 0.307 e. The normalized spacial score (nSPS) is 16.3. The Morgan fingerprint density at radius 1 is 0.973 bits per heavy atom. The standard InChI is InChI=1S/C31H35N3O3/c1-21-26(18-27(35)36)29(34-17-16-31(20-34)14-6-7-15-31)28(22(2)33-21)24-10-12-25(13-11-24)30(37)32-19-23-8-4-3-5-9-23/h3-5,8-13H,6-7,14-20H2,1-2H3,(H,32,37)(H,35,36). The molecule has 192 valence electrons. The van der Waals surface area contributed by atoms with Gasteiger partial charge in [-0.1, -0.05) is 55.3 Å².